The number of nitriles is 1. The number of aryl methyl sites for hydroxylation is 1. The number of ether oxygens (including phenoxy) is 1. The number of benzene rings is 1. The van der Waals surface area contributed by atoms with Crippen LogP contribution in [0.25, 0.3) is 6.08 Å². The monoisotopic (exact) mass is 372 g/mol. The number of aromatic nitrogens is 2. The third kappa shape index (κ3) is 4.44. The standard InChI is InChI=1S/C19H21ClN4O2/c1-12-6-16(17(26-5)8-15(12)20)23-18(25)14(9-21)7-13-10-22-24(11-13)19(2,3)4/h6-8,10-11H,1-5H3,(H,23,25)/b14-7-. The molecule has 0 aliphatic carbocycles. The number of hydrogen-bond acceptors (Lipinski definition) is 4. The minimum absolute atomic E-state index is 0.0342. The molecule has 0 saturated carbocycles. The molecule has 1 N–H and O–H groups in total. The Hall–Kier alpha value is -2.78. The molecule has 6 nitrogen and oxygen atoms in total. The molecule has 1 aromatic carbocycles. The van der Waals surface area contributed by atoms with Crippen molar-refractivity contribution in [2.75, 3.05) is 12.4 Å². The summed E-state index contributed by atoms with van der Waals surface area (Å²) in [6.07, 6.45) is 4.90. The number of halogens is 1. The summed E-state index contributed by atoms with van der Waals surface area (Å²) in [6, 6.07) is 5.25. The molecule has 7 heteroatoms. The fourth-order valence-electron chi connectivity index (χ4n) is 2.21. The Labute approximate surface area is 158 Å². The van der Waals surface area contributed by atoms with Crippen LogP contribution in [0.1, 0.15) is 31.9 Å². The molecule has 0 saturated heterocycles. The largest absolute Gasteiger partial charge is 0.495 e. The molecular formula is C19H21ClN4O2. The summed E-state index contributed by atoms with van der Waals surface area (Å²) in [7, 11) is 1.48. The van der Waals surface area contributed by atoms with Gasteiger partial charge in [0, 0.05) is 22.8 Å². The molecule has 2 aromatic rings. The van der Waals surface area contributed by atoms with Gasteiger partial charge < -0.3 is 10.1 Å². The van der Waals surface area contributed by atoms with E-state index in [1.54, 1.807) is 29.2 Å². The topological polar surface area (TPSA) is 79.9 Å². The minimum atomic E-state index is -0.531. The van der Waals surface area contributed by atoms with Crippen LogP contribution in [0.5, 0.6) is 5.75 Å². The molecule has 0 aliphatic rings. The number of methoxy groups -OCH3 is 1. The maximum atomic E-state index is 12.5. The summed E-state index contributed by atoms with van der Waals surface area (Å²) < 4.78 is 7.01. The number of nitrogens with one attached hydrogen (secondary N) is 1. The molecule has 0 spiro atoms. The molecule has 0 fully saturated rings. The predicted octanol–water partition coefficient (Wildman–Crippen LogP) is 4.15. The van der Waals surface area contributed by atoms with Gasteiger partial charge >= 0.3 is 0 Å². The van der Waals surface area contributed by atoms with Gasteiger partial charge in [-0.1, -0.05) is 11.6 Å². The molecule has 0 aliphatic heterocycles. The Morgan fingerprint density at radius 3 is 2.65 bits per heavy atom. The number of carbonyl (C=O) groups excluding carboxylic acids is 1. The van der Waals surface area contributed by atoms with Gasteiger partial charge in [-0.25, -0.2) is 0 Å². The third-order valence-corrected chi connectivity index (χ3v) is 4.10. The average Bonchev–Trinajstić information content (AvgIpc) is 3.04. The van der Waals surface area contributed by atoms with Gasteiger partial charge in [0.1, 0.15) is 17.4 Å². The molecule has 0 bridgehead atoms. The van der Waals surface area contributed by atoms with Crippen molar-refractivity contribution in [2.24, 2.45) is 0 Å². The number of carbonyl (C=O) groups is 1. The van der Waals surface area contributed by atoms with Crippen LogP contribution in [0.2, 0.25) is 5.02 Å². The highest BCUT2D eigenvalue weighted by atomic mass is 35.5. The Morgan fingerprint density at radius 1 is 1.42 bits per heavy atom. The van der Waals surface area contributed by atoms with Gasteiger partial charge in [-0.15, -0.1) is 0 Å². The number of amides is 1. The second-order valence-electron chi connectivity index (χ2n) is 6.81. The van der Waals surface area contributed by atoms with E-state index < -0.39 is 5.91 Å². The predicted molar refractivity (Wildman–Crippen MR) is 102 cm³/mol. The van der Waals surface area contributed by atoms with Crippen LogP contribution in [0.15, 0.2) is 30.1 Å². The van der Waals surface area contributed by atoms with Crippen molar-refractivity contribution >= 4 is 29.3 Å². The van der Waals surface area contributed by atoms with Crippen LogP contribution in [-0.2, 0) is 10.3 Å². The number of hydrogen-bond donors (Lipinski definition) is 1. The Morgan fingerprint density at radius 2 is 2.12 bits per heavy atom. The van der Waals surface area contributed by atoms with Crippen molar-refractivity contribution in [1.29, 1.82) is 5.26 Å². The number of rotatable bonds is 4. The zero-order valence-electron chi connectivity index (χ0n) is 15.4. The molecule has 1 aromatic heterocycles. The van der Waals surface area contributed by atoms with Crippen LogP contribution in [0, 0.1) is 18.3 Å². The molecule has 2 rings (SSSR count). The van der Waals surface area contributed by atoms with Crippen LogP contribution in [0.3, 0.4) is 0 Å². The molecule has 0 unspecified atom stereocenters. The van der Waals surface area contributed by atoms with E-state index in [0.717, 1.165) is 5.56 Å². The summed E-state index contributed by atoms with van der Waals surface area (Å²) >= 11 is 6.07. The highest BCUT2D eigenvalue weighted by molar-refractivity contribution is 6.31. The van der Waals surface area contributed by atoms with Gasteiger partial charge in [-0.2, -0.15) is 10.4 Å². The zero-order valence-corrected chi connectivity index (χ0v) is 16.2. The van der Waals surface area contributed by atoms with E-state index in [4.69, 9.17) is 16.3 Å². The molecule has 1 amide bonds. The summed E-state index contributed by atoms with van der Waals surface area (Å²) in [6.45, 7) is 7.86. The maximum absolute atomic E-state index is 12.5. The van der Waals surface area contributed by atoms with E-state index in [2.05, 4.69) is 10.4 Å². The van der Waals surface area contributed by atoms with E-state index in [1.165, 1.54) is 13.2 Å². The van der Waals surface area contributed by atoms with Gasteiger partial charge in [-0.05, 0) is 45.4 Å². The number of anilines is 1. The Bertz CT molecular complexity index is 901. The second kappa shape index (κ2) is 7.63. The first kappa shape index (κ1) is 19.5. The summed E-state index contributed by atoms with van der Waals surface area (Å²) in [5, 5.41) is 16.9. The van der Waals surface area contributed by atoms with Gasteiger partial charge in [-0.3, -0.25) is 9.48 Å². The zero-order chi connectivity index (χ0) is 19.5. The first-order valence-corrected chi connectivity index (χ1v) is 8.36. The van der Waals surface area contributed by atoms with Crippen LogP contribution < -0.4 is 10.1 Å². The fourth-order valence-corrected chi connectivity index (χ4v) is 2.37. The SMILES string of the molecule is COc1cc(Cl)c(C)cc1NC(=O)/C(C#N)=C\c1cnn(C(C)(C)C)c1. The third-order valence-electron chi connectivity index (χ3n) is 3.69. The molecule has 0 radical (unpaired) electrons. The lowest BCUT2D eigenvalue weighted by atomic mass is 10.1. The van der Waals surface area contributed by atoms with E-state index in [-0.39, 0.29) is 11.1 Å². The highest BCUT2D eigenvalue weighted by Crippen LogP contribution is 2.31. The van der Waals surface area contributed by atoms with Crippen molar-refractivity contribution < 1.29 is 9.53 Å². The molecular weight excluding hydrogens is 352 g/mol. The van der Waals surface area contributed by atoms with Crippen LogP contribution in [0.4, 0.5) is 5.69 Å². The quantitative estimate of drug-likeness (QED) is 0.645. The highest BCUT2D eigenvalue weighted by Gasteiger charge is 2.16. The maximum Gasteiger partial charge on any atom is 0.266 e. The average molecular weight is 373 g/mol. The summed E-state index contributed by atoms with van der Waals surface area (Å²) in [5.41, 5.74) is 1.69. The van der Waals surface area contributed by atoms with Crippen molar-refractivity contribution in [3.05, 3.63) is 46.2 Å². The van der Waals surface area contributed by atoms with Crippen molar-refractivity contribution in [2.45, 2.75) is 33.2 Å². The van der Waals surface area contributed by atoms with Crippen LogP contribution in [-0.4, -0.2) is 22.8 Å². The molecule has 26 heavy (non-hydrogen) atoms. The smallest absolute Gasteiger partial charge is 0.266 e. The van der Waals surface area contributed by atoms with E-state index >= 15 is 0 Å². The molecule has 136 valence electrons. The summed E-state index contributed by atoms with van der Waals surface area (Å²) in [5.74, 6) is -0.108. The Balaban J connectivity index is 2.29. The summed E-state index contributed by atoms with van der Waals surface area (Å²) in [4.78, 5) is 12.5. The van der Waals surface area contributed by atoms with Crippen molar-refractivity contribution in [3.63, 3.8) is 0 Å². The van der Waals surface area contributed by atoms with Crippen LogP contribution >= 0.6 is 11.6 Å². The normalized spacial score (nSPS) is 11.8. The molecule has 1 heterocycles. The lowest BCUT2D eigenvalue weighted by Gasteiger charge is -2.18. The second-order valence-corrected chi connectivity index (χ2v) is 7.22. The van der Waals surface area contributed by atoms with E-state index in [1.807, 2.05) is 33.8 Å². The van der Waals surface area contributed by atoms with Crippen molar-refractivity contribution in [1.82, 2.24) is 9.78 Å². The first-order chi connectivity index (χ1) is 12.2. The van der Waals surface area contributed by atoms with Gasteiger partial charge in [0.05, 0.1) is 24.5 Å². The van der Waals surface area contributed by atoms with Gasteiger partial charge in [0.15, 0.2) is 0 Å². The van der Waals surface area contributed by atoms with Gasteiger partial charge in [0.2, 0.25) is 0 Å². The lowest BCUT2D eigenvalue weighted by molar-refractivity contribution is -0.112. The minimum Gasteiger partial charge on any atom is -0.495 e. The van der Waals surface area contributed by atoms with Crippen molar-refractivity contribution in [3.8, 4) is 11.8 Å². The lowest BCUT2D eigenvalue weighted by Crippen LogP contribution is -2.21. The molecule has 0 atom stereocenters. The van der Waals surface area contributed by atoms with Gasteiger partial charge in [0.25, 0.3) is 5.91 Å². The first-order valence-electron chi connectivity index (χ1n) is 7.98. The fraction of sp³-hybridized carbons (Fsp3) is 0.316. The van der Waals surface area contributed by atoms with E-state index in [0.29, 0.717) is 22.0 Å². The van der Waals surface area contributed by atoms with E-state index in [9.17, 15) is 10.1 Å². The number of nitrogens with zero attached hydrogens (tertiary/aromatic N) is 3. The Kier molecular flexibility index (Phi) is 5.73.